The molecule has 1 saturated heterocycles. The summed E-state index contributed by atoms with van der Waals surface area (Å²) in [6.07, 6.45) is 4.92. The number of carbonyl (C=O) groups is 1. The number of imidazole rings is 1. The predicted octanol–water partition coefficient (Wildman–Crippen LogP) is 3.98. The molecule has 2 aromatic rings. The molecule has 9 heteroatoms. The molecule has 2 aromatic heterocycles. The number of anilines is 1. The lowest BCUT2D eigenvalue weighted by Gasteiger charge is -2.40. The molecule has 1 aliphatic rings. The van der Waals surface area contributed by atoms with Crippen LogP contribution >= 0.6 is 11.8 Å². The summed E-state index contributed by atoms with van der Waals surface area (Å²) in [7, 11) is 0. The lowest BCUT2D eigenvalue weighted by molar-refractivity contribution is 0.100. The zero-order valence-electron chi connectivity index (χ0n) is 18.4. The zero-order chi connectivity index (χ0) is 22.5. The van der Waals surface area contributed by atoms with Crippen molar-refractivity contribution in [2.24, 2.45) is 11.7 Å². The van der Waals surface area contributed by atoms with E-state index in [1.165, 1.54) is 16.8 Å². The van der Waals surface area contributed by atoms with E-state index in [0.29, 0.717) is 33.9 Å². The molecule has 0 aromatic carbocycles. The van der Waals surface area contributed by atoms with Crippen LogP contribution in [0.25, 0.3) is 11.2 Å². The smallest absolute Gasteiger partial charge is 0.252 e. The Balaban J connectivity index is 1.80. The highest BCUT2D eigenvalue weighted by molar-refractivity contribution is 8.05. The molecule has 31 heavy (non-hydrogen) atoms. The second-order valence-electron chi connectivity index (χ2n) is 7.94. The third-order valence-electron chi connectivity index (χ3n) is 5.66. The van der Waals surface area contributed by atoms with E-state index < -0.39 is 5.91 Å². The SMILES string of the molecule is CC/C(C)=C(/S/C=C(\C)C#N)N1CCC(Nc2c(C(N)=O)cnc3nc[nH]c23)C(C)C1. The fourth-order valence-electron chi connectivity index (χ4n) is 3.73. The first-order chi connectivity index (χ1) is 14.8. The fourth-order valence-corrected chi connectivity index (χ4v) is 4.73. The van der Waals surface area contributed by atoms with Crippen molar-refractivity contribution < 1.29 is 4.79 Å². The Labute approximate surface area is 187 Å². The van der Waals surface area contributed by atoms with E-state index in [4.69, 9.17) is 11.0 Å². The van der Waals surface area contributed by atoms with Crippen molar-refractivity contribution in [2.75, 3.05) is 18.4 Å². The molecule has 2 unspecified atom stereocenters. The van der Waals surface area contributed by atoms with E-state index in [9.17, 15) is 4.79 Å². The van der Waals surface area contributed by atoms with Crippen molar-refractivity contribution in [3.8, 4) is 6.07 Å². The number of aromatic nitrogens is 3. The van der Waals surface area contributed by atoms with Crippen LogP contribution in [0.5, 0.6) is 0 Å². The van der Waals surface area contributed by atoms with Gasteiger partial charge >= 0.3 is 0 Å². The highest BCUT2D eigenvalue weighted by Gasteiger charge is 2.29. The summed E-state index contributed by atoms with van der Waals surface area (Å²) in [6, 6.07) is 2.36. The number of fused-ring (bicyclic) bond motifs is 1. The third kappa shape index (κ3) is 5.02. The number of aromatic amines is 1. The number of nitrogens with two attached hydrogens (primary N) is 1. The molecular weight excluding hydrogens is 410 g/mol. The van der Waals surface area contributed by atoms with Gasteiger partial charge in [-0.25, -0.2) is 9.97 Å². The number of hydrogen-bond donors (Lipinski definition) is 3. The largest absolute Gasteiger partial charge is 0.379 e. The lowest BCUT2D eigenvalue weighted by atomic mass is 9.93. The third-order valence-corrected chi connectivity index (χ3v) is 6.96. The van der Waals surface area contributed by atoms with Crippen molar-refractivity contribution in [3.63, 3.8) is 0 Å². The number of allylic oxidation sites excluding steroid dienone is 2. The normalized spacial score (nSPS) is 20.4. The van der Waals surface area contributed by atoms with Crippen molar-refractivity contribution in [1.29, 1.82) is 5.26 Å². The Morgan fingerprint density at radius 3 is 2.90 bits per heavy atom. The van der Waals surface area contributed by atoms with Crippen molar-refractivity contribution in [2.45, 2.75) is 46.6 Å². The lowest BCUT2D eigenvalue weighted by Crippen LogP contribution is -2.44. The van der Waals surface area contributed by atoms with E-state index in [0.717, 1.165) is 25.9 Å². The Morgan fingerprint density at radius 1 is 1.48 bits per heavy atom. The highest BCUT2D eigenvalue weighted by Crippen LogP contribution is 2.33. The number of primary amides is 1. The monoisotopic (exact) mass is 439 g/mol. The van der Waals surface area contributed by atoms with E-state index in [1.54, 1.807) is 18.1 Å². The number of hydrogen-bond acceptors (Lipinski definition) is 7. The van der Waals surface area contributed by atoms with Crippen LogP contribution < -0.4 is 11.1 Å². The van der Waals surface area contributed by atoms with Crippen LogP contribution in [0, 0.1) is 17.2 Å². The molecule has 3 rings (SSSR count). The van der Waals surface area contributed by atoms with E-state index >= 15 is 0 Å². The van der Waals surface area contributed by atoms with E-state index in [2.05, 4.69) is 52.0 Å². The number of nitrogens with one attached hydrogen (secondary N) is 2. The van der Waals surface area contributed by atoms with Gasteiger partial charge in [-0.2, -0.15) is 5.26 Å². The average molecular weight is 440 g/mol. The molecule has 1 amide bonds. The molecule has 0 aliphatic carbocycles. The summed E-state index contributed by atoms with van der Waals surface area (Å²) in [6.45, 7) is 10.1. The predicted molar refractivity (Wildman–Crippen MR) is 125 cm³/mol. The first kappa shape index (κ1) is 22.7. The Morgan fingerprint density at radius 2 is 2.26 bits per heavy atom. The molecule has 0 radical (unpaired) electrons. The zero-order valence-corrected chi connectivity index (χ0v) is 19.2. The van der Waals surface area contributed by atoms with Gasteiger partial charge in [0.15, 0.2) is 5.65 Å². The van der Waals surface area contributed by atoms with Crippen LogP contribution in [0.3, 0.4) is 0 Å². The standard InChI is InChI=1S/C22H29N7OS/c1-5-14(3)22(31-11-13(2)8-23)29-7-6-17(15(4)10-29)28-18-16(20(24)30)9-25-21-19(18)26-12-27-21/h9,11-12,15,17H,5-7,10H2,1-4H3,(H2,24,30)(H2,25,26,27,28)/b13-11+,22-14+. The van der Waals surface area contributed by atoms with Crippen LogP contribution in [-0.2, 0) is 0 Å². The number of nitriles is 1. The van der Waals surface area contributed by atoms with Crippen molar-refractivity contribution in [1.82, 2.24) is 19.9 Å². The topological polar surface area (TPSA) is 124 Å². The van der Waals surface area contributed by atoms with Gasteiger partial charge in [0.05, 0.1) is 28.7 Å². The molecule has 1 aliphatic heterocycles. The van der Waals surface area contributed by atoms with E-state index in [-0.39, 0.29) is 6.04 Å². The van der Waals surface area contributed by atoms with Crippen LogP contribution in [0.2, 0.25) is 0 Å². The molecule has 164 valence electrons. The van der Waals surface area contributed by atoms with Crippen LogP contribution in [0.4, 0.5) is 5.69 Å². The fraction of sp³-hybridized carbons (Fsp3) is 0.455. The van der Waals surface area contributed by atoms with E-state index in [1.807, 2.05) is 12.3 Å². The number of nitrogens with zero attached hydrogens (tertiary/aromatic N) is 4. The van der Waals surface area contributed by atoms with Gasteiger partial charge in [0.25, 0.3) is 5.91 Å². The molecule has 1 fully saturated rings. The van der Waals surface area contributed by atoms with Crippen LogP contribution in [-0.4, -0.2) is 44.9 Å². The molecule has 4 N–H and O–H groups in total. The van der Waals surface area contributed by atoms with Crippen molar-refractivity contribution >= 4 is 34.5 Å². The minimum absolute atomic E-state index is 0.174. The van der Waals surface area contributed by atoms with Gasteiger partial charge in [-0.3, -0.25) is 4.79 Å². The summed E-state index contributed by atoms with van der Waals surface area (Å²) >= 11 is 1.63. The summed E-state index contributed by atoms with van der Waals surface area (Å²) in [5, 5.41) is 15.8. The summed E-state index contributed by atoms with van der Waals surface area (Å²) in [5.74, 6) is -0.196. The Bertz CT molecular complexity index is 1070. The number of H-pyrrole nitrogens is 1. The van der Waals surface area contributed by atoms with Gasteiger partial charge in [-0.15, -0.1) is 0 Å². The molecule has 0 spiro atoms. The second-order valence-corrected chi connectivity index (χ2v) is 8.80. The van der Waals surface area contributed by atoms with Gasteiger partial charge < -0.3 is 20.9 Å². The second kappa shape index (κ2) is 9.88. The minimum atomic E-state index is -0.517. The van der Waals surface area contributed by atoms with Gasteiger partial charge in [0.2, 0.25) is 0 Å². The number of piperidine rings is 1. The molecule has 0 bridgehead atoms. The number of rotatable bonds is 7. The summed E-state index contributed by atoms with van der Waals surface area (Å²) in [5.41, 5.74) is 9.89. The average Bonchev–Trinajstić information content (AvgIpc) is 3.24. The number of likely N-dealkylation sites (tertiary alicyclic amines) is 1. The van der Waals surface area contributed by atoms with Crippen LogP contribution in [0.15, 0.2) is 34.1 Å². The van der Waals surface area contributed by atoms with Gasteiger partial charge in [-0.1, -0.05) is 25.6 Å². The molecule has 3 heterocycles. The maximum atomic E-state index is 12.0. The minimum Gasteiger partial charge on any atom is -0.379 e. The van der Waals surface area contributed by atoms with Gasteiger partial charge in [0, 0.05) is 30.9 Å². The summed E-state index contributed by atoms with van der Waals surface area (Å²) in [4.78, 5) is 25.9. The van der Waals surface area contributed by atoms with Crippen molar-refractivity contribution in [3.05, 3.63) is 39.7 Å². The van der Waals surface area contributed by atoms with Gasteiger partial charge in [0.1, 0.15) is 5.52 Å². The maximum absolute atomic E-state index is 12.0. The first-order valence-electron chi connectivity index (χ1n) is 10.4. The number of amides is 1. The number of thioether (sulfide) groups is 1. The molecule has 8 nitrogen and oxygen atoms in total. The molecule has 0 saturated carbocycles. The highest BCUT2D eigenvalue weighted by atomic mass is 32.2. The quantitative estimate of drug-likeness (QED) is 0.557. The number of carbonyl (C=O) groups excluding carboxylic acids is 1. The molecular formula is C22H29N7OS. The van der Waals surface area contributed by atoms with Crippen LogP contribution in [0.1, 0.15) is 50.9 Å². The Hall–Kier alpha value is -2.99. The Kier molecular flexibility index (Phi) is 7.23. The summed E-state index contributed by atoms with van der Waals surface area (Å²) < 4.78 is 0. The maximum Gasteiger partial charge on any atom is 0.252 e. The number of pyridine rings is 1. The first-order valence-corrected chi connectivity index (χ1v) is 11.3. The molecule has 2 atom stereocenters. The van der Waals surface area contributed by atoms with Gasteiger partial charge in [-0.05, 0) is 43.6 Å².